The highest BCUT2D eigenvalue weighted by Crippen LogP contribution is 2.37. The SMILES string of the molecule is Cc1cnc2c(S(=O)(=O)Oc3ccccc3C(F)(F)F)cccc2c1. The number of aryl methyl sites for hydroxylation is 1. The smallest absolute Gasteiger partial charge is 0.378 e. The zero-order valence-electron chi connectivity index (χ0n) is 12.9. The van der Waals surface area contributed by atoms with Crippen LogP contribution >= 0.6 is 0 Å². The van der Waals surface area contributed by atoms with Crippen molar-refractivity contribution < 1.29 is 25.8 Å². The Labute approximate surface area is 142 Å². The molecule has 1 aromatic heterocycles. The number of aromatic nitrogens is 1. The molecule has 1 heterocycles. The molecule has 3 aromatic rings. The largest absolute Gasteiger partial charge is 0.420 e. The number of fused-ring (bicyclic) bond motifs is 1. The van der Waals surface area contributed by atoms with Crippen LogP contribution in [0.15, 0.2) is 59.6 Å². The lowest BCUT2D eigenvalue weighted by atomic mass is 10.2. The van der Waals surface area contributed by atoms with Gasteiger partial charge in [-0.15, -0.1) is 0 Å². The molecule has 2 aromatic carbocycles. The van der Waals surface area contributed by atoms with Crippen LogP contribution in [0.5, 0.6) is 5.75 Å². The van der Waals surface area contributed by atoms with E-state index in [0.29, 0.717) is 5.39 Å². The number of benzene rings is 2. The Balaban J connectivity index is 2.11. The molecule has 3 rings (SSSR count). The normalized spacial score (nSPS) is 12.3. The van der Waals surface area contributed by atoms with Gasteiger partial charge in [0.25, 0.3) is 0 Å². The van der Waals surface area contributed by atoms with Crippen molar-refractivity contribution >= 4 is 21.0 Å². The average molecular weight is 367 g/mol. The molecule has 0 N–H and O–H groups in total. The summed E-state index contributed by atoms with van der Waals surface area (Å²) < 4.78 is 69.0. The van der Waals surface area contributed by atoms with Gasteiger partial charge in [-0.1, -0.05) is 24.3 Å². The number of alkyl halides is 3. The molecule has 0 aliphatic carbocycles. The van der Waals surface area contributed by atoms with Crippen molar-refractivity contribution in [1.29, 1.82) is 0 Å². The number of pyridine rings is 1. The van der Waals surface area contributed by atoms with Crippen molar-refractivity contribution in [3.63, 3.8) is 0 Å². The predicted octanol–water partition coefficient (Wildman–Crippen LogP) is 4.33. The third-order valence-corrected chi connectivity index (χ3v) is 4.74. The molecule has 0 fully saturated rings. The van der Waals surface area contributed by atoms with E-state index in [1.807, 2.05) is 0 Å². The summed E-state index contributed by atoms with van der Waals surface area (Å²) in [5.74, 6) is -0.779. The Morgan fingerprint density at radius 1 is 1.04 bits per heavy atom. The second-order valence-electron chi connectivity index (χ2n) is 5.37. The van der Waals surface area contributed by atoms with E-state index in [2.05, 4.69) is 4.98 Å². The first kappa shape index (κ1) is 17.2. The summed E-state index contributed by atoms with van der Waals surface area (Å²) in [6, 6.07) is 10.3. The monoisotopic (exact) mass is 367 g/mol. The molecule has 8 heteroatoms. The van der Waals surface area contributed by atoms with Crippen LogP contribution in [-0.4, -0.2) is 13.4 Å². The topological polar surface area (TPSA) is 56.3 Å². The average Bonchev–Trinajstić information content (AvgIpc) is 2.53. The summed E-state index contributed by atoms with van der Waals surface area (Å²) in [7, 11) is -4.50. The number of rotatable bonds is 3. The van der Waals surface area contributed by atoms with E-state index in [-0.39, 0.29) is 10.4 Å². The third kappa shape index (κ3) is 3.43. The predicted molar refractivity (Wildman–Crippen MR) is 85.7 cm³/mol. The molecular weight excluding hydrogens is 355 g/mol. The lowest BCUT2D eigenvalue weighted by molar-refractivity contribution is -0.138. The highest BCUT2D eigenvalue weighted by molar-refractivity contribution is 7.87. The second kappa shape index (κ2) is 6.03. The molecule has 0 atom stereocenters. The van der Waals surface area contributed by atoms with Crippen molar-refractivity contribution in [2.24, 2.45) is 0 Å². The van der Waals surface area contributed by atoms with Crippen LogP contribution in [-0.2, 0) is 16.3 Å². The number of hydrogen-bond donors (Lipinski definition) is 0. The molecule has 0 unspecified atom stereocenters. The van der Waals surface area contributed by atoms with Gasteiger partial charge >= 0.3 is 16.3 Å². The van der Waals surface area contributed by atoms with Gasteiger partial charge in [-0.3, -0.25) is 4.98 Å². The minimum Gasteiger partial charge on any atom is -0.378 e. The van der Waals surface area contributed by atoms with Crippen LogP contribution in [0.3, 0.4) is 0 Å². The maximum Gasteiger partial charge on any atom is 0.420 e. The van der Waals surface area contributed by atoms with E-state index in [0.717, 1.165) is 23.8 Å². The summed E-state index contributed by atoms with van der Waals surface area (Å²) in [6.07, 6.45) is -3.26. The summed E-state index contributed by atoms with van der Waals surface area (Å²) in [5.41, 5.74) is -0.203. The van der Waals surface area contributed by atoms with Gasteiger partial charge in [0, 0.05) is 11.6 Å². The van der Waals surface area contributed by atoms with Crippen LogP contribution in [0.25, 0.3) is 10.9 Å². The molecule has 0 radical (unpaired) electrons. The van der Waals surface area contributed by atoms with E-state index in [1.165, 1.54) is 24.4 Å². The number of halogens is 3. The fourth-order valence-corrected chi connectivity index (χ4v) is 3.51. The maximum absolute atomic E-state index is 13.0. The van der Waals surface area contributed by atoms with Crippen molar-refractivity contribution in [3.8, 4) is 5.75 Å². The molecule has 4 nitrogen and oxygen atoms in total. The zero-order chi connectivity index (χ0) is 18.2. The molecule has 0 spiro atoms. The Kier molecular flexibility index (Phi) is 4.16. The molecular formula is C17H12F3NO3S. The Morgan fingerprint density at radius 3 is 2.48 bits per heavy atom. The molecule has 0 saturated heterocycles. The highest BCUT2D eigenvalue weighted by atomic mass is 32.2. The van der Waals surface area contributed by atoms with Gasteiger partial charge in [-0.25, -0.2) is 0 Å². The van der Waals surface area contributed by atoms with Crippen LogP contribution < -0.4 is 4.18 Å². The molecule has 130 valence electrons. The van der Waals surface area contributed by atoms with Crippen molar-refractivity contribution in [3.05, 3.63) is 65.9 Å². The minimum absolute atomic E-state index is 0.137. The van der Waals surface area contributed by atoms with Crippen LogP contribution in [0.2, 0.25) is 0 Å². The van der Waals surface area contributed by atoms with E-state index in [1.54, 1.807) is 19.1 Å². The van der Waals surface area contributed by atoms with Crippen molar-refractivity contribution in [2.45, 2.75) is 18.0 Å². The lowest BCUT2D eigenvalue weighted by Crippen LogP contribution is -2.15. The molecule has 0 amide bonds. The van der Waals surface area contributed by atoms with Crippen LogP contribution in [0, 0.1) is 6.92 Å². The number of para-hydroxylation sites is 2. The molecule has 0 aliphatic heterocycles. The summed E-state index contributed by atoms with van der Waals surface area (Å²) >= 11 is 0. The molecule has 25 heavy (non-hydrogen) atoms. The lowest BCUT2D eigenvalue weighted by Gasteiger charge is -2.14. The summed E-state index contributed by atoms with van der Waals surface area (Å²) in [5, 5.41) is 0.550. The third-order valence-electron chi connectivity index (χ3n) is 3.47. The van der Waals surface area contributed by atoms with Crippen molar-refractivity contribution in [1.82, 2.24) is 4.98 Å². The van der Waals surface area contributed by atoms with Crippen LogP contribution in [0.1, 0.15) is 11.1 Å². The standard InChI is InChI=1S/C17H12F3NO3S/c1-11-9-12-5-4-8-15(16(12)21-10-11)25(22,23)24-14-7-3-2-6-13(14)17(18,19)20/h2-10H,1H3. The minimum atomic E-state index is -4.74. The van der Waals surface area contributed by atoms with Crippen molar-refractivity contribution in [2.75, 3.05) is 0 Å². The molecule has 0 bridgehead atoms. The van der Waals surface area contributed by atoms with E-state index >= 15 is 0 Å². The van der Waals surface area contributed by atoms with E-state index < -0.39 is 27.6 Å². The number of hydrogen-bond acceptors (Lipinski definition) is 4. The van der Waals surface area contributed by atoms with Gasteiger partial charge in [-0.05, 0) is 36.8 Å². The van der Waals surface area contributed by atoms with Crippen LogP contribution in [0.4, 0.5) is 13.2 Å². The first-order chi connectivity index (χ1) is 11.7. The van der Waals surface area contributed by atoms with Gasteiger partial charge < -0.3 is 4.18 Å². The Hall–Kier alpha value is -2.61. The summed E-state index contributed by atoms with van der Waals surface area (Å²) in [6.45, 7) is 1.80. The molecule has 0 aliphatic rings. The zero-order valence-corrected chi connectivity index (χ0v) is 13.7. The number of nitrogens with zero attached hydrogens (tertiary/aromatic N) is 1. The Bertz CT molecular complexity index is 1050. The van der Waals surface area contributed by atoms with E-state index in [4.69, 9.17) is 4.18 Å². The fourth-order valence-electron chi connectivity index (χ4n) is 2.38. The van der Waals surface area contributed by atoms with Gasteiger partial charge in [0.15, 0.2) is 5.75 Å². The first-order valence-electron chi connectivity index (χ1n) is 7.14. The quantitative estimate of drug-likeness (QED) is 0.647. The Morgan fingerprint density at radius 2 is 1.76 bits per heavy atom. The first-order valence-corrected chi connectivity index (χ1v) is 8.55. The van der Waals surface area contributed by atoms with Gasteiger partial charge in [0.1, 0.15) is 4.90 Å². The van der Waals surface area contributed by atoms with Gasteiger partial charge in [0.2, 0.25) is 0 Å². The van der Waals surface area contributed by atoms with Gasteiger partial charge in [-0.2, -0.15) is 21.6 Å². The maximum atomic E-state index is 13.0. The fraction of sp³-hybridized carbons (Fsp3) is 0.118. The summed E-state index contributed by atoms with van der Waals surface area (Å²) in [4.78, 5) is 3.79. The van der Waals surface area contributed by atoms with Gasteiger partial charge in [0.05, 0.1) is 11.1 Å². The van der Waals surface area contributed by atoms with E-state index in [9.17, 15) is 21.6 Å². The second-order valence-corrected chi connectivity index (χ2v) is 6.89. The highest BCUT2D eigenvalue weighted by Gasteiger charge is 2.35. The molecule has 0 saturated carbocycles.